The van der Waals surface area contributed by atoms with Crippen molar-refractivity contribution in [3.05, 3.63) is 176 Å². The molecule has 0 radical (unpaired) electrons. The number of para-hydroxylation sites is 2. The average molecular weight is 628 g/mol. The molecule has 0 saturated carbocycles. The molecule has 0 aliphatic heterocycles. The largest absolute Gasteiger partial charge is 0.455 e. The Morgan fingerprint density at radius 1 is 0.367 bits per heavy atom. The van der Waals surface area contributed by atoms with E-state index in [4.69, 9.17) is 8.83 Å². The van der Waals surface area contributed by atoms with Gasteiger partial charge in [-0.3, -0.25) is 0 Å². The molecule has 230 valence electrons. The van der Waals surface area contributed by atoms with Crippen LogP contribution in [0.25, 0.3) is 76.9 Å². The van der Waals surface area contributed by atoms with Crippen molar-refractivity contribution in [3.63, 3.8) is 0 Å². The smallest absolute Gasteiger partial charge is 0.159 e. The predicted octanol–water partition coefficient (Wildman–Crippen LogP) is 13.4. The Morgan fingerprint density at radius 3 is 1.94 bits per heavy atom. The zero-order chi connectivity index (χ0) is 32.3. The number of benzene rings is 8. The molecule has 0 atom stereocenters. The molecule has 8 aromatic carbocycles. The molecule has 10 aromatic rings. The molecule has 2 aromatic heterocycles. The molecule has 0 N–H and O–H groups in total. The summed E-state index contributed by atoms with van der Waals surface area (Å²) in [6.07, 6.45) is 0. The summed E-state index contributed by atoms with van der Waals surface area (Å²) in [4.78, 5) is 2.34. The van der Waals surface area contributed by atoms with Crippen LogP contribution in [0.3, 0.4) is 0 Å². The standard InChI is InChI=1S/C46H29NO2/c1-3-12-30(13-4-1)34-23-25-37-38-19-11-20-41(45(38)49-43(37)29-34)47(35-24-22-31-14-7-8-17-33(31)28-35)40-27-26-36(32-15-5-2-6-16-32)46-44(40)39-18-9-10-21-42(39)48-46/h1-29H. The Hall–Kier alpha value is -6.58. The minimum atomic E-state index is 0.837. The molecule has 0 aliphatic rings. The number of anilines is 3. The predicted molar refractivity (Wildman–Crippen MR) is 204 cm³/mol. The second-order valence-corrected chi connectivity index (χ2v) is 12.5. The number of furan rings is 2. The van der Waals surface area contributed by atoms with Gasteiger partial charge in [0.2, 0.25) is 0 Å². The minimum absolute atomic E-state index is 0.837. The molecule has 49 heavy (non-hydrogen) atoms. The summed E-state index contributed by atoms with van der Waals surface area (Å²) in [6.45, 7) is 0. The minimum Gasteiger partial charge on any atom is -0.455 e. The second-order valence-electron chi connectivity index (χ2n) is 12.5. The van der Waals surface area contributed by atoms with Crippen LogP contribution >= 0.6 is 0 Å². The molecule has 0 bridgehead atoms. The molecular formula is C46H29NO2. The van der Waals surface area contributed by atoms with Gasteiger partial charge in [0.05, 0.1) is 16.8 Å². The van der Waals surface area contributed by atoms with Crippen molar-refractivity contribution in [2.75, 3.05) is 4.90 Å². The Kier molecular flexibility index (Phi) is 6.18. The van der Waals surface area contributed by atoms with Crippen LogP contribution in [0.5, 0.6) is 0 Å². The third-order valence-electron chi connectivity index (χ3n) is 9.65. The van der Waals surface area contributed by atoms with Crippen molar-refractivity contribution >= 4 is 71.7 Å². The fourth-order valence-electron chi connectivity index (χ4n) is 7.34. The zero-order valence-electron chi connectivity index (χ0n) is 26.5. The molecule has 3 nitrogen and oxygen atoms in total. The highest BCUT2D eigenvalue weighted by molar-refractivity contribution is 6.19. The van der Waals surface area contributed by atoms with Crippen LogP contribution in [0.2, 0.25) is 0 Å². The molecule has 0 spiro atoms. The lowest BCUT2D eigenvalue weighted by Gasteiger charge is -2.27. The maximum Gasteiger partial charge on any atom is 0.159 e. The van der Waals surface area contributed by atoms with Crippen LogP contribution in [0.1, 0.15) is 0 Å². The summed E-state index contributed by atoms with van der Waals surface area (Å²) >= 11 is 0. The van der Waals surface area contributed by atoms with Gasteiger partial charge < -0.3 is 13.7 Å². The molecule has 0 aliphatic carbocycles. The van der Waals surface area contributed by atoms with Gasteiger partial charge in [-0.1, -0.05) is 127 Å². The van der Waals surface area contributed by atoms with Gasteiger partial charge in [0.1, 0.15) is 16.7 Å². The van der Waals surface area contributed by atoms with Crippen LogP contribution in [-0.4, -0.2) is 0 Å². The van der Waals surface area contributed by atoms with Crippen molar-refractivity contribution in [1.82, 2.24) is 0 Å². The fraction of sp³-hybridized carbons (Fsp3) is 0. The van der Waals surface area contributed by atoms with Gasteiger partial charge in [0.25, 0.3) is 0 Å². The van der Waals surface area contributed by atoms with Gasteiger partial charge in [-0.25, -0.2) is 0 Å². The van der Waals surface area contributed by atoms with E-state index in [9.17, 15) is 0 Å². The van der Waals surface area contributed by atoms with Crippen molar-refractivity contribution in [3.8, 4) is 22.3 Å². The first kappa shape index (κ1) is 27.5. The number of fused-ring (bicyclic) bond motifs is 7. The number of nitrogens with zero attached hydrogens (tertiary/aromatic N) is 1. The number of rotatable bonds is 5. The van der Waals surface area contributed by atoms with E-state index in [1.165, 1.54) is 10.8 Å². The van der Waals surface area contributed by atoms with Crippen molar-refractivity contribution < 1.29 is 8.83 Å². The van der Waals surface area contributed by atoms with Crippen LogP contribution < -0.4 is 4.90 Å². The van der Waals surface area contributed by atoms with E-state index in [0.717, 1.165) is 83.2 Å². The van der Waals surface area contributed by atoms with Crippen LogP contribution in [0.4, 0.5) is 17.1 Å². The first-order valence-corrected chi connectivity index (χ1v) is 16.6. The monoisotopic (exact) mass is 627 g/mol. The summed E-state index contributed by atoms with van der Waals surface area (Å²) in [7, 11) is 0. The van der Waals surface area contributed by atoms with Gasteiger partial charge in [-0.2, -0.15) is 0 Å². The van der Waals surface area contributed by atoms with Crippen LogP contribution in [0, 0.1) is 0 Å². The first-order valence-electron chi connectivity index (χ1n) is 16.6. The SMILES string of the molecule is c1ccc(-c2ccc3c(c2)oc2c(N(c4ccc5ccccc5c4)c4ccc(-c5ccccc5)c5oc6ccccc6c45)cccc23)cc1. The molecule has 0 saturated heterocycles. The van der Waals surface area contributed by atoms with Gasteiger partial charge >= 0.3 is 0 Å². The Bertz CT molecular complexity index is 2830. The highest BCUT2D eigenvalue weighted by Gasteiger charge is 2.25. The van der Waals surface area contributed by atoms with Crippen molar-refractivity contribution in [1.29, 1.82) is 0 Å². The highest BCUT2D eigenvalue weighted by Crippen LogP contribution is 2.48. The van der Waals surface area contributed by atoms with Crippen LogP contribution in [-0.2, 0) is 0 Å². The summed E-state index contributed by atoms with van der Waals surface area (Å²) in [5.74, 6) is 0. The van der Waals surface area contributed by atoms with Gasteiger partial charge in [-0.05, 0) is 76.0 Å². The van der Waals surface area contributed by atoms with E-state index in [2.05, 4.69) is 163 Å². The van der Waals surface area contributed by atoms with E-state index in [0.29, 0.717) is 0 Å². The third kappa shape index (κ3) is 4.44. The Labute approximate surface area is 282 Å². The lowest BCUT2D eigenvalue weighted by atomic mass is 9.99. The number of hydrogen-bond acceptors (Lipinski definition) is 3. The zero-order valence-corrected chi connectivity index (χ0v) is 26.5. The van der Waals surface area contributed by atoms with E-state index < -0.39 is 0 Å². The van der Waals surface area contributed by atoms with Gasteiger partial charge in [-0.15, -0.1) is 0 Å². The maximum atomic E-state index is 6.87. The lowest BCUT2D eigenvalue weighted by Crippen LogP contribution is -2.11. The molecule has 0 fully saturated rings. The van der Waals surface area contributed by atoms with E-state index in [-0.39, 0.29) is 0 Å². The second kappa shape index (κ2) is 11.0. The molecule has 0 amide bonds. The summed E-state index contributed by atoms with van der Waals surface area (Å²) in [5, 5.41) is 6.66. The molecule has 2 heterocycles. The van der Waals surface area contributed by atoms with E-state index >= 15 is 0 Å². The third-order valence-corrected chi connectivity index (χ3v) is 9.65. The molecule has 3 heteroatoms. The highest BCUT2D eigenvalue weighted by atomic mass is 16.3. The maximum absolute atomic E-state index is 6.87. The Morgan fingerprint density at radius 2 is 1.08 bits per heavy atom. The average Bonchev–Trinajstić information content (AvgIpc) is 3.75. The molecule has 10 rings (SSSR count). The van der Waals surface area contributed by atoms with Crippen LogP contribution in [0.15, 0.2) is 185 Å². The summed E-state index contributed by atoms with van der Waals surface area (Å²) in [5.41, 5.74) is 10.9. The summed E-state index contributed by atoms with van der Waals surface area (Å²) < 4.78 is 13.6. The van der Waals surface area contributed by atoms with Crippen molar-refractivity contribution in [2.45, 2.75) is 0 Å². The van der Waals surface area contributed by atoms with E-state index in [1.54, 1.807) is 0 Å². The topological polar surface area (TPSA) is 29.5 Å². The normalized spacial score (nSPS) is 11.7. The van der Waals surface area contributed by atoms with Crippen molar-refractivity contribution in [2.24, 2.45) is 0 Å². The lowest BCUT2D eigenvalue weighted by molar-refractivity contribution is 0.668. The van der Waals surface area contributed by atoms with Gasteiger partial charge in [0, 0.05) is 27.4 Å². The van der Waals surface area contributed by atoms with E-state index in [1.807, 2.05) is 18.2 Å². The number of hydrogen-bond donors (Lipinski definition) is 0. The quantitative estimate of drug-likeness (QED) is 0.190. The molecular weight excluding hydrogens is 599 g/mol. The first-order chi connectivity index (χ1) is 24.3. The molecule has 0 unspecified atom stereocenters. The fourth-order valence-corrected chi connectivity index (χ4v) is 7.34. The summed E-state index contributed by atoms with van der Waals surface area (Å²) in [6, 6.07) is 61.9. The Balaban J connectivity index is 1.28. The van der Waals surface area contributed by atoms with Gasteiger partial charge in [0.15, 0.2) is 5.58 Å².